The summed E-state index contributed by atoms with van der Waals surface area (Å²) in [5.41, 5.74) is 4.70. The predicted molar refractivity (Wildman–Crippen MR) is 36.2 cm³/mol. The summed E-state index contributed by atoms with van der Waals surface area (Å²) < 4.78 is 0. The number of nitrogens with two attached hydrogens (primary N) is 1. The quantitative estimate of drug-likeness (QED) is 0.421. The Hall–Kier alpha value is -0.745. The van der Waals surface area contributed by atoms with Crippen molar-refractivity contribution in [2.45, 2.75) is 13.2 Å². The number of rotatable bonds is 2. The molecule has 0 unspecified atom stereocenters. The lowest BCUT2D eigenvalue weighted by Crippen LogP contribution is -2.31. The van der Waals surface area contributed by atoms with Gasteiger partial charge < -0.3 is 21.9 Å². The summed E-state index contributed by atoms with van der Waals surface area (Å²) in [5, 5.41) is 2.31. The minimum atomic E-state index is -0.498. The molecule has 0 heterocycles. The Morgan fingerprint density at radius 1 is 1.67 bits per heavy atom. The molecule has 0 aliphatic rings. The Morgan fingerprint density at radius 2 is 2.11 bits per heavy atom. The molecule has 0 aliphatic carbocycles. The molecule has 9 heavy (non-hydrogen) atoms. The van der Waals surface area contributed by atoms with Gasteiger partial charge in [0.15, 0.2) is 0 Å². The number of urea groups is 1. The van der Waals surface area contributed by atoms with Crippen molar-refractivity contribution in [1.29, 1.82) is 0 Å². The molecule has 6 heteroatoms. The van der Waals surface area contributed by atoms with Gasteiger partial charge in [0.1, 0.15) is 0 Å². The van der Waals surface area contributed by atoms with Crippen LogP contribution in [0.25, 0.3) is 0 Å². The van der Waals surface area contributed by atoms with E-state index in [1.54, 1.807) is 7.41 Å². The number of carbonyl (C=O) groups is 1. The Morgan fingerprint density at radius 3 is 2.22 bits per heavy atom. The van der Waals surface area contributed by atoms with Crippen LogP contribution in [0.2, 0.25) is 6.32 Å². The first-order valence-electron chi connectivity index (χ1n) is 2.15. The second kappa shape index (κ2) is 10.3. The lowest BCUT2D eigenvalue weighted by Gasteiger charge is -1.90. The van der Waals surface area contributed by atoms with E-state index in [1.165, 1.54) is 0 Å². The fourth-order valence-electron chi connectivity index (χ4n) is 0.203. The number of carbonyl (C=O) groups excluding carboxylic acids is 1. The summed E-state index contributed by atoms with van der Waals surface area (Å²) in [4.78, 5) is 9.84. The van der Waals surface area contributed by atoms with Crippen LogP contribution >= 0.6 is 0 Å². The molecule has 2 amide bonds. The normalized spacial score (nSPS) is 5.89. The van der Waals surface area contributed by atoms with Gasteiger partial charge in [-0.1, -0.05) is 13.2 Å². The maximum Gasteiger partial charge on any atom is 0.299 e. The fourth-order valence-corrected chi connectivity index (χ4v) is 0.203. The largest absolute Gasteiger partial charge is 0.412 e. The predicted octanol–water partition coefficient (Wildman–Crippen LogP) is -1.94. The van der Waals surface area contributed by atoms with Crippen molar-refractivity contribution < 1.29 is 15.7 Å². The van der Waals surface area contributed by atoms with Crippen LogP contribution in [0.4, 0.5) is 4.79 Å². The zero-order valence-electron chi connectivity index (χ0n) is 5.27. The summed E-state index contributed by atoms with van der Waals surface area (Å²) in [7, 11) is 1.60. The number of primary amides is 1. The molecule has 5 nitrogen and oxygen atoms in total. The van der Waals surface area contributed by atoms with Gasteiger partial charge in [-0.2, -0.15) is 0 Å². The number of hydrogen-bond donors (Lipinski definition) is 2. The van der Waals surface area contributed by atoms with Gasteiger partial charge >= 0.3 is 0 Å². The summed E-state index contributed by atoms with van der Waals surface area (Å²) in [6.45, 7) is 1.91. The highest BCUT2D eigenvalue weighted by Crippen LogP contribution is 1.64. The van der Waals surface area contributed by atoms with Gasteiger partial charge in [-0.25, -0.2) is 0 Å². The zero-order valence-corrected chi connectivity index (χ0v) is 5.27. The molecule has 0 rings (SSSR count). The molecule has 0 atom stereocenters. The molecule has 0 saturated carbocycles. The Labute approximate surface area is 54.5 Å². The van der Waals surface area contributed by atoms with Gasteiger partial charge in [0, 0.05) is 0 Å². The molecular weight excluding hydrogens is 123 g/mol. The molecule has 0 aromatic heterocycles. The zero-order chi connectivity index (χ0) is 5.70. The van der Waals surface area contributed by atoms with Crippen molar-refractivity contribution in [3.8, 4) is 0 Å². The van der Waals surface area contributed by atoms with E-state index >= 15 is 0 Å². The van der Waals surface area contributed by atoms with Crippen molar-refractivity contribution in [2.24, 2.45) is 5.73 Å². The SMILES string of the molecule is CC[B]NC(N)=O.O.O. The Balaban J connectivity index is -0.000000180. The number of hydrogen-bond acceptors (Lipinski definition) is 1. The van der Waals surface area contributed by atoms with Crippen molar-refractivity contribution in [3.05, 3.63) is 0 Å². The van der Waals surface area contributed by atoms with Gasteiger partial charge in [-0.05, 0) is 0 Å². The first-order chi connectivity index (χ1) is 3.27. The van der Waals surface area contributed by atoms with Crippen LogP contribution in [0.15, 0.2) is 0 Å². The Bertz CT molecular complexity index is 70.1. The van der Waals surface area contributed by atoms with E-state index in [0.717, 1.165) is 6.32 Å². The van der Waals surface area contributed by atoms with Gasteiger partial charge in [-0.3, -0.25) is 4.79 Å². The maximum atomic E-state index is 9.84. The minimum Gasteiger partial charge on any atom is -0.412 e. The summed E-state index contributed by atoms with van der Waals surface area (Å²) >= 11 is 0. The maximum absolute atomic E-state index is 9.84. The lowest BCUT2D eigenvalue weighted by atomic mass is 9.91. The number of amides is 2. The first kappa shape index (κ1) is 15.7. The van der Waals surface area contributed by atoms with Crippen molar-refractivity contribution >= 4 is 13.4 Å². The van der Waals surface area contributed by atoms with Crippen molar-refractivity contribution in [2.75, 3.05) is 0 Å². The molecule has 0 aromatic carbocycles. The second-order valence-electron chi connectivity index (χ2n) is 1.12. The van der Waals surface area contributed by atoms with E-state index in [0.29, 0.717) is 0 Å². The van der Waals surface area contributed by atoms with E-state index in [9.17, 15) is 4.79 Å². The van der Waals surface area contributed by atoms with Gasteiger partial charge in [0.2, 0.25) is 7.41 Å². The topological polar surface area (TPSA) is 118 Å². The van der Waals surface area contributed by atoms with E-state index in [4.69, 9.17) is 5.73 Å². The highest BCUT2D eigenvalue weighted by atomic mass is 16.2. The molecule has 0 spiro atoms. The van der Waals surface area contributed by atoms with Crippen LogP contribution in [0.3, 0.4) is 0 Å². The van der Waals surface area contributed by atoms with Gasteiger partial charge in [0.05, 0.1) is 0 Å². The van der Waals surface area contributed by atoms with Gasteiger partial charge in [-0.15, -0.1) is 0 Å². The van der Waals surface area contributed by atoms with Crippen LogP contribution in [0.5, 0.6) is 0 Å². The molecule has 7 N–H and O–H groups in total. The standard InChI is InChI=1S/C3H8BN2O.2H2O/c1-2-4-6-3(5)7;;/h2H2,1H3,(H3,5,6,7);2*1H2. The Kier molecular flexibility index (Phi) is 18.0. The number of nitrogens with one attached hydrogen (secondary N) is 1. The van der Waals surface area contributed by atoms with E-state index in [1.807, 2.05) is 6.92 Å². The van der Waals surface area contributed by atoms with Crippen LogP contribution < -0.4 is 11.0 Å². The molecule has 0 aromatic rings. The third kappa shape index (κ3) is 18.9. The molecule has 0 aliphatic heterocycles. The van der Waals surface area contributed by atoms with E-state index in [2.05, 4.69) is 5.23 Å². The van der Waals surface area contributed by atoms with E-state index in [-0.39, 0.29) is 11.0 Å². The molecule has 1 radical (unpaired) electrons. The summed E-state index contributed by atoms with van der Waals surface area (Å²) in [5.74, 6) is 0. The van der Waals surface area contributed by atoms with Crippen LogP contribution in [-0.2, 0) is 0 Å². The average molecular weight is 135 g/mol. The highest BCUT2D eigenvalue weighted by molar-refractivity contribution is 6.36. The molecule has 0 saturated heterocycles. The highest BCUT2D eigenvalue weighted by Gasteiger charge is 1.87. The average Bonchev–Trinajstić information content (AvgIpc) is 1.61. The molecule has 55 valence electrons. The molecule has 0 fully saturated rings. The van der Waals surface area contributed by atoms with Crippen LogP contribution in [0.1, 0.15) is 6.92 Å². The van der Waals surface area contributed by atoms with E-state index < -0.39 is 6.03 Å². The molecular formula is C3H12BN2O3. The van der Waals surface area contributed by atoms with Crippen molar-refractivity contribution in [1.82, 2.24) is 5.23 Å². The van der Waals surface area contributed by atoms with Crippen molar-refractivity contribution in [3.63, 3.8) is 0 Å². The summed E-state index contributed by atoms with van der Waals surface area (Å²) in [6, 6.07) is -0.498. The smallest absolute Gasteiger partial charge is 0.299 e. The monoisotopic (exact) mass is 135 g/mol. The second-order valence-corrected chi connectivity index (χ2v) is 1.12. The lowest BCUT2D eigenvalue weighted by molar-refractivity contribution is 0.253. The fraction of sp³-hybridized carbons (Fsp3) is 0.667. The van der Waals surface area contributed by atoms with Gasteiger partial charge in [0.25, 0.3) is 6.03 Å². The van der Waals surface area contributed by atoms with Crippen LogP contribution in [-0.4, -0.2) is 24.4 Å². The first-order valence-corrected chi connectivity index (χ1v) is 2.15. The third-order valence-corrected chi connectivity index (χ3v) is 0.448. The third-order valence-electron chi connectivity index (χ3n) is 0.448. The minimum absolute atomic E-state index is 0. The molecule has 0 bridgehead atoms. The summed E-state index contributed by atoms with van der Waals surface area (Å²) in [6.07, 6.45) is 0.808. The van der Waals surface area contributed by atoms with Crippen LogP contribution in [0, 0.1) is 0 Å².